The van der Waals surface area contributed by atoms with Gasteiger partial charge in [0.1, 0.15) is 5.75 Å². The molecule has 0 aliphatic carbocycles. The van der Waals surface area contributed by atoms with Gasteiger partial charge in [0.25, 0.3) is 0 Å². The largest absolute Gasteiger partial charge is 0.496 e. The smallest absolute Gasteiger partial charge is 0.247 e. The van der Waals surface area contributed by atoms with Gasteiger partial charge in [-0.1, -0.05) is 18.2 Å². The van der Waals surface area contributed by atoms with Gasteiger partial charge in [-0.15, -0.1) is 10.2 Å². The summed E-state index contributed by atoms with van der Waals surface area (Å²) in [5.41, 5.74) is 1.62. The van der Waals surface area contributed by atoms with Crippen molar-refractivity contribution in [3.8, 4) is 28.7 Å². The summed E-state index contributed by atoms with van der Waals surface area (Å²) in [5, 5.41) is 10.9. The monoisotopic (exact) mass is 397 g/mol. The molecule has 0 bridgehead atoms. The van der Waals surface area contributed by atoms with Gasteiger partial charge in [0.05, 0.1) is 21.3 Å². The van der Waals surface area contributed by atoms with E-state index in [1.54, 1.807) is 33.5 Å². The highest BCUT2D eigenvalue weighted by molar-refractivity contribution is 5.76. The number of rotatable bonds is 9. The molecule has 0 radical (unpaired) electrons. The number of nitrogens with one attached hydrogen (secondary N) is 1. The first-order valence-corrected chi connectivity index (χ1v) is 9.08. The van der Waals surface area contributed by atoms with Gasteiger partial charge in [0.15, 0.2) is 11.5 Å². The van der Waals surface area contributed by atoms with E-state index in [0.717, 1.165) is 11.1 Å². The number of ether oxygens (including phenoxy) is 3. The molecule has 0 atom stereocenters. The van der Waals surface area contributed by atoms with Gasteiger partial charge < -0.3 is 23.9 Å². The predicted molar refractivity (Wildman–Crippen MR) is 106 cm³/mol. The molecule has 0 saturated carbocycles. The molecule has 0 saturated heterocycles. The van der Waals surface area contributed by atoms with E-state index in [9.17, 15) is 4.79 Å². The van der Waals surface area contributed by atoms with E-state index in [1.807, 2.05) is 30.3 Å². The minimum absolute atomic E-state index is 0.138. The van der Waals surface area contributed by atoms with Crippen LogP contribution in [-0.4, -0.2) is 37.4 Å². The predicted octanol–water partition coefficient (Wildman–Crippen LogP) is 3.01. The fraction of sp³-hybridized carbons (Fsp3) is 0.286. The van der Waals surface area contributed by atoms with E-state index in [4.69, 9.17) is 18.6 Å². The maximum Gasteiger partial charge on any atom is 0.247 e. The summed E-state index contributed by atoms with van der Waals surface area (Å²) < 4.78 is 21.6. The molecular formula is C21H23N3O5. The van der Waals surface area contributed by atoms with E-state index >= 15 is 0 Å². The standard InChI is InChI=1S/C21H23N3O5/c1-26-16-12-18(28-3)17(27-2)11-15(16)13-22-19(25)9-10-20-23-24-21(29-20)14-7-5-4-6-8-14/h4-8,11-12H,9-10,13H2,1-3H3,(H,22,25). The second-order valence-electron chi connectivity index (χ2n) is 6.16. The lowest BCUT2D eigenvalue weighted by Crippen LogP contribution is -2.23. The molecule has 0 aliphatic rings. The molecule has 2 aromatic carbocycles. The lowest BCUT2D eigenvalue weighted by molar-refractivity contribution is -0.121. The van der Waals surface area contributed by atoms with Crippen LogP contribution in [0.25, 0.3) is 11.5 Å². The molecule has 1 amide bonds. The number of nitrogens with zero attached hydrogens (tertiary/aromatic N) is 2. The summed E-state index contributed by atoms with van der Waals surface area (Å²) >= 11 is 0. The zero-order valence-electron chi connectivity index (χ0n) is 16.6. The van der Waals surface area contributed by atoms with E-state index in [2.05, 4.69) is 15.5 Å². The third-order valence-electron chi connectivity index (χ3n) is 4.32. The van der Waals surface area contributed by atoms with E-state index in [0.29, 0.717) is 42.0 Å². The molecule has 8 nitrogen and oxygen atoms in total. The van der Waals surface area contributed by atoms with Gasteiger partial charge in [-0.2, -0.15) is 0 Å². The molecule has 1 heterocycles. The van der Waals surface area contributed by atoms with Crippen molar-refractivity contribution >= 4 is 5.91 Å². The Morgan fingerprint density at radius 2 is 1.66 bits per heavy atom. The van der Waals surface area contributed by atoms with Crippen molar-refractivity contribution in [3.63, 3.8) is 0 Å². The third-order valence-corrected chi connectivity index (χ3v) is 4.32. The number of carbonyl (C=O) groups excluding carboxylic acids is 1. The minimum atomic E-state index is -0.138. The summed E-state index contributed by atoms with van der Waals surface area (Å²) in [5.74, 6) is 2.45. The summed E-state index contributed by atoms with van der Waals surface area (Å²) in [4.78, 5) is 12.2. The highest BCUT2D eigenvalue weighted by Gasteiger charge is 2.14. The van der Waals surface area contributed by atoms with Crippen LogP contribution in [0.1, 0.15) is 17.9 Å². The zero-order chi connectivity index (χ0) is 20.6. The third kappa shape index (κ3) is 5.04. The second kappa shape index (κ2) is 9.59. The first kappa shape index (κ1) is 20.2. The summed E-state index contributed by atoms with van der Waals surface area (Å²) in [6, 6.07) is 13.0. The number of hydrogen-bond acceptors (Lipinski definition) is 7. The van der Waals surface area contributed by atoms with Gasteiger partial charge in [0.2, 0.25) is 17.7 Å². The van der Waals surface area contributed by atoms with E-state index < -0.39 is 0 Å². The van der Waals surface area contributed by atoms with Gasteiger partial charge in [0, 0.05) is 36.6 Å². The number of hydrogen-bond donors (Lipinski definition) is 1. The number of aromatic nitrogens is 2. The Morgan fingerprint density at radius 1 is 0.966 bits per heavy atom. The van der Waals surface area contributed by atoms with Gasteiger partial charge in [-0.3, -0.25) is 4.79 Å². The molecule has 3 aromatic rings. The first-order valence-electron chi connectivity index (χ1n) is 9.08. The van der Waals surface area contributed by atoms with Crippen molar-refractivity contribution in [2.45, 2.75) is 19.4 Å². The highest BCUT2D eigenvalue weighted by atomic mass is 16.5. The van der Waals surface area contributed by atoms with Crippen LogP contribution in [0.3, 0.4) is 0 Å². The first-order chi connectivity index (χ1) is 14.1. The fourth-order valence-electron chi connectivity index (χ4n) is 2.79. The molecule has 152 valence electrons. The quantitative estimate of drug-likeness (QED) is 0.593. The van der Waals surface area contributed by atoms with Crippen LogP contribution >= 0.6 is 0 Å². The van der Waals surface area contributed by atoms with Crippen LogP contribution in [-0.2, 0) is 17.8 Å². The van der Waals surface area contributed by atoms with Crippen molar-refractivity contribution in [2.24, 2.45) is 0 Å². The van der Waals surface area contributed by atoms with Crippen molar-refractivity contribution in [1.82, 2.24) is 15.5 Å². The Kier molecular flexibility index (Phi) is 6.67. The fourth-order valence-corrected chi connectivity index (χ4v) is 2.79. The Bertz CT molecular complexity index is 956. The Morgan fingerprint density at radius 3 is 2.34 bits per heavy atom. The van der Waals surface area contributed by atoms with Crippen LogP contribution in [0.5, 0.6) is 17.2 Å². The Labute approximate surface area is 168 Å². The number of aryl methyl sites for hydroxylation is 1. The maximum atomic E-state index is 12.2. The number of methoxy groups -OCH3 is 3. The van der Waals surface area contributed by atoms with Crippen molar-refractivity contribution in [2.75, 3.05) is 21.3 Å². The molecule has 3 rings (SSSR count). The van der Waals surface area contributed by atoms with Gasteiger partial charge in [-0.05, 0) is 18.2 Å². The second-order valence-corrected chi connectivity index (χ2v) is 6.16. The van der Waals surface area contributed by atoms with Crippen molar-refractivity contribution in [3.05, 3.63) is 53.9 Å². The average molecular weight is 397 g/mol. The van der Waals surface area contributed by atoms with Crippen molar-refractivity contribution < 1.29 is 23.4 Å². The molecule has 8 heteroatoms. The molecule has 1 N–H and O–H groups in total. The minimum Gasteiger partial charge on any atom is -0.496 e. The molecule has 0 unspecified atom stereocenters. The highest BCUT2D eigenvalue weighted by Crippen LogP contribution is 2.34. The average Bonchev–Trinajstić information content (AvgIpc) is 3.25. The maximum absolute atomic E-state index is 12.2. The van der Waals surface area contributed by atoms with E-state index in [-0.39, 0.29) is 12.3 Å². The van der Waals surface area contributed by atoms with Gasteiger partial charge >= 0.3 is 0 Å². The van der Waals surface area contributed by atoms with Crippen LogP contribution in [0, 0.1) is 0 Å². The van der Waals surface area contributed by atoms with Crippen LogP contribution < -0.4 is 19.5 Å². The van der Waals surface area contributed by atoms with Crippen LogP contribution in [0.15, 0.2) is 46.9 Å². The molecular weight excluding hydrogens is 374 g/mol. The Balaban J connectivity index is 1.56. The molecule has 0 aliphatic heterocycles. The molecule has 0 fully saturated rings. The number of amides is 1. The SMILES string of the molecule is COc1cc(OC)c(OC)cc1CNC(=O)CCc1nnc(-c2ccccc2)o1. The topological polar surface area (TPSA) is 95.7 Å². The molecule has 1 aromatic heterocycles. The van der Waals surface area contributed by atoms with E-state index in [1.165, 1.54) is 0 Å². The Hall–Kier alpha value is -3.55. The zero-order valence-corrected chi connectivity index (χ0v) is 16.6. The summed E-state index contributed by atoms with van der Waals surface area (Å²) in [6.45, 7) is 0.293. The normalized spacial score (nSPS) is 10.4. The number of benzene rings is 2. The van der Waals surface area contributed by atoms with Crippen LogP contribution in [0.2, 0.25) is 0 Å². The molecule has 29 heavy (non-hydrogen) atoms. The summed E-state index contributed by atoms with van der Waals surface area (Å²) in [7, 11) is 4.67. The lowest BCUT2D eigenvalue weighted by Gasteiger charge is -2.14. The number of carbonyl (C=O) groups is 1. The van der Waals surface area contributed by atoms with Crippen LogP contribution in [0.4, 0.5) is 0 Å². The summed E-state index contributed by atoms with van der Waals surface area (Å²) in [6.07, 6.45) is 0.584. The van der Waals surface area contributed by atoms with Crippen molar-refractivity contribution in [1.29, 1.82) is 0 Å². The molecule has 0 spiro atoms. The lowest BCUT2D eigenvalue weighted by atomic mass is 10.1. The van der Waals surface area contributed by atoms with Gasteiger partial charge in [-0.25, -0.2) is 0 Å².